The average Bonchev–Trinajstić information content (AvgIpc) is 3.07. The molecule has 2 aromatic rings. The normalized spacial score (nSPS) is 18.2. The van der Waals surface area contributed by atoms with Crippen LogP contribution in [0, 0.1) is 0 Å². The van der Waals surface area contributed by atoms with Gasteiger partial charge in [-0.1, -0.05) is 0 Å². The molecular formula is C18H21N3O4. The van der Waals surface area contributed by atoms with E-state index in [0.717, 1.165) is 43.4 Å². The van der Waals surface area contributed by atoms with Crippen molar-refractivity contribution in [2.24, 2.45) is 7.05 Å². The highest BCUT2D eigenvalue weighted by Gasteiger charge is 2.29. The molecule has 2 aliphatic heterocycles. The molecule has 1 saturated heterocycles. The fourth-order valence-electron chi connectivity index (χ4n) is 3.38. The molecule has 2 aromatic heterocycles. The van der Waals surface area contributed by atoms with Gasteiger partial charge >= 0.3 is 0 Å². The number of hydrogen-bond acceptors (Lipinski definition) is 5. The summed E-state index contributed by atoms with van der Waals surface area (Å²) in [7, 11) is 1.66. The lowest BCUT2D eigenvalue weighted by atomic mass is 10.0. The van der Waals surface area contributed by atoms with Crippen molar-refractivity contribution >= 4 is 5.91 Å². The minimum absolute atomic E-state index is 0.140. The van der Waals surface area contributed by atoms with Gasteiger partial charge in [0.25, 0.3) is 11.5 Å². The second-order valence-electron chi connectivity index (χ2n) is 6.65. The van der Waals surface area contributed by atoms with Gasteiger partial charge in [0.1, 0.15) is 11.5 Å². The van der Waals surface area contributed by atoms with E-state index in [1.54, 1.807) is 24.2 Å². The van der Waals surface area contributed by atoms with Gasteiger partial charge in [0.05, 0.1) is 6.54 Å². The maximum absolute atomic E-state index is 12.7. The van der Waals surface area contributed by atoms with Gasteiger partial charge < -0.3 is 18.6 Å². The topological polar surface area (TPSA) is 77.6 Å². The maximum Gasteiger partial charge on any atom is 0.254 e. The second-order valence-corrected chi connectivity index (χ2v) is 6.65. The molecule has 4 rings (SSSR count). The van der Waals surface area contributed by atoms with Crippen LogP contribution in [0.2, 0.25) is 0 Å². The van der Waals surface area contributed by atoms with Gasteiger partial charge in [-0.15, -0.1) is 0 Å². The largest absolute Gasteiger partial charge is 0.445 e. The van der Waals surface area contributed by atoms with E-state index in [1.807, 2.05) is 0 Å². The molecule has 0 spiro atoms. The third-order valence-corrected chi connectivity index (χ3v) is 4.95. The fraction of sp³-hybridized carbons (Fsp3) is 0.500. The number of nitrogens with zero attached hydrogens (tertiary/aromatic N) is 3. The van der Waals surface area contributed by atoms with Crippen LogP contribution >= 0.6 is 0 Å². The predicted molar refractivity (Wildman–Crippen MR) is 89.4 cm³/mol. The summed E-state index contributed by atoms with van der Waals surface area (Å²) >= 11 is 0. The van der Waals surface area contributed by atoms with Crippen LogP contribution in [0.15, 0.2) is 27.5 Å². The second kappa shape index (κ2) is 6.48. The lowest BCUT2D eigenvalue weighted by Gasteiger charge is -2.25. The van der Waals surface area contributed by atoms with Crippen molar-refractivity contribution in [3.05, 3.63) is 51.6 Å². The van der Waals surface area contributed by atoms with Crippen LogP contribution in [0.5, 0.6) is 0 Å². The van der Waals surface area contributed by atoms with E-state index in [-0.39, 0.29) is 11.5 Å². The molecule has 0 saturated carbocycles. The van der Waals surface area contributed by atoms with Crippen LogP contribution in [0.4, 0.5) is 0 Å². The molecule has 0 aromatic carbocycles. The quantitative estimate of drug-likeness (QED) is 0.825. The van der Waals surface area contributed by atoms with Gasteiger partial charge in [-0.3, -0.25) is 9.59 Å². The SMILES string of the molecule is Cn1ccc(C(=O)N2CCc3oc(C4CCOCC4)nc3C2)cc1=O. The highest BCUT2D eigenvalue weighted by atomic mass is 16.5. The van der Waals surface area contributed by atoms with Crippen LogP contribution < -0.4 is 5.56 Å². The Labute approximate surface area is 145 Å². The Kier molecular flexibility index (Phi) is 4.17. The number of oxazole rings is 1. The molecule has 0 N–H and O–H groups in total. The zero-order valence-corrected chi connectivity index (χ0v) is 14.2. The van der Waals surface area contributed by atoms with Crippen molar-refractivity contribution in [3.8, 4) is 0 Å². The molecule has 132 valence electrons. The molecule has 7 heteroatoms. The van der Waals surface area contributed by atoms with E-state index in [1.165, 1.54) is 10.6 Å². The van der Waals surface area contributed by atoms with Crippen molar-refractivity contribution < 1.29 is 13.9 Å². The number of pyridine rings is 1. The molecule has 7 nitrogen and oxygen atoms in total. The van der Waals surface area contributed by atoms with E-state index in [4.69, 9.17) is 9.15 Å². The van der Waals surface area contributed by atoms with Crippen LogP contribution in [-0.4, -0.2) is 40.1 Å². The van der Waals surface area contributed by atoms with E-state index >= 15 is 0 Å². The van der Waals surface area contributed by atoms with E-state index in [9.17, 15) is 9.59 Å². The maximum atomic E-state index is 12.7. The van der Waals surface area contributed by atoms with Crippen molar-refractivity contribution in [1.29, 1.82) is 0 Å². The Morgan fingerprint density at radius 3 is 2.88 bits per heavy atom. The molecule has 0 unspecified atom stereocenters. The Bertz CT molecular complexity index is 848. The van der Waals surface area contributed by atoms with Gasteiger partial charge in [0.15, 0.2) is 5.89 Å². The van der Waals surface area contributed by atoms with Crippen LogP contribution in [0.3, 0.4) is 0 Å². The predicted octanol–water partition coefficient (Wildman–Crippen LogP) is 1.47. The molecule has 1 fully saturated rings. The summed E-state index contributed by atoms with van der Waals surface area (Å²) in [6, 6.07) is 3.06. The Morgan fingerprint density at radius 1 is 1.32 bits per heavy atom. The number of aromatic nitrogens is 2. The fourth-order valence-corrected chi connectivity index (χ4v) is 3.38. The molecule has 25 heavy (non-hydrogen) atoms. The number of amides is 1. The standard InChI is InChI=1S/C18H21N3O4/c1-20-6-2-13(10-16(20)22)18(23)21-7-3-15-14(11-21)19-17(25-15)12-4-8-24-9-5-12/h2,6,10,12H,3-5,7-9,11H2,1H3. The van der Waals surface area contributed by atoms with Crippen molar-refractivity contribution in [2.45, 2.75) is 31.7 Å². The highest BCUT2D eigenvalue weighted by molar-refractivity contribution is 5.94. The lowest BCUT2D eigenvalue weighted by molar-refractivity contribution is 0.0725. The summed E-state index contributed by atoms with van der Waals surface area (Å²) in [5, 5.41) is 0. The number of hydrogen-bond donors (Lipinski definition) is 0. The number of rotatable bonds is 2. The minimum atomic E-state index is -0.188. The molecule has 1 amide bonds. The van der Waals surface area contributed by atoms with Gasteiger partial charge in [0, 0.05) is 57.0 Å². The third kappa shape index (κ3) is 3.11. The van der Waals surface area contributed by atoms with Crippen molar-refractivity contribution in [2.75, 3.05) is 19.8 Å². The summed E-state index contributed by atoms with van der Waals surface area (Å²) < 4.78 is 12.8. The van der Waals surface area contributed by atoms with E-state index in [2.05, 4.69) is 4.98 Å². The summed E-state index contributed by atoms with van der Waals surface area (Å²) in [4.78, 5) is 30.8. The highest BCUT2D eigenvalue weighted by Crippen LogP contribution is 2.30. The molecule has 0 aliphatic carbocycles. The molecule has 2 aliphatic rings. The van der Waals surface area contributed by atoms with Gasteiger partial charge in [-0.25, -0.2) is 4.98 Å². The average molecular weight is 343 g/mol. The number of carbonyl (C=O) groups excluding carboxylic acids is 1. The number of carbonyl (C=O) groups is 1. The first-order valence-electron chi connectivity index (χ1n) is 8.64. The van der Waals surface area contributed by atoms with Crippen LogP contribution in [-0.2, 0) is 24.8 Å². The van der Waals surface area contributed by atoms with Gasteiger partial charge in [-0.05, 0) is 18.9 Å². The zero-order chi connectivity index (χ0) is 17.4. The van der Waals surface area contributed by atoms with Crippen molar-refractivity contribution in [1.82, 2.24) is 14.5 Å². The number of ether oxygens (including phenoxy) is 1. The summed E-state index contributed by atoms with van der Waals surface area (Å²) in [6.07, 6.45) is 4.12. The van der Waals surface area contributed by atoms with Gasteiger partial charge in [0.2, 0.25) is 0 Å². The van der Waals surface area contributed by atoms with Gasteiger partial charge in [-0.2, -0.15) is 0 Å². The third-order valence-electron chi connectivity index (χ3n) is 4.95. The lowest BCUT2D eigenvalue weighted by Crippen LogP contribution is -2.36. The van der Waals surface area contributed by atoms with E-state index in [0.29, 0.717) is 31.0 Å². The summed E-state index contributed by atoms with van der Waals surface area (Å²) in [5.41, 5.74) is 1.07. The molecular weight excluding hydrogens is 322 g/mol. The first-order chi connectivity index (χ1) is 12.1. The Hall–Kier alpha value is -2.41. The smallest absolute Gasteiger partial charge is 0.254 e. The molecule has 0 bridgehead atoms. The monoisotopic (exact) mass is 343 g/mol. The zero-order valence-electron chi connectivity index (χ0n) is 14.2. The van der Waals surface area contributed by atoms with Crippen LogP contribution in [0.25, 0.3) is 0 Å². The Balaban J connectivity index is 1.52. The summed E-state index contributed by atoms with van der Waals surface area (Å²) in [5.74, 6) is 1.82. The minimum Gasteiger partial charge on any atom is -0.445 e. The van der Waals surface area contributed by atoms with Crippen molar-refractivity contribution in [3.63, 3.8) is 0 Å². The number of fused-ring (bicyclic) bond motifs is 1. The number of aryl methyl sites for hydroxylation is 1. The molecule has 0 radical (unpaired) electrons. The Morgan fingerprint density at radius 2 is 2.12 bits per heavy atom. The van der Waals surface area contributed by atoms with E-state index < -0.39 is 0 Å². The molecule has 0 atom stereocenters. The first-order valence-corrected chi connectivity index (χ1v) is 8.64. The molecule has 4 heterocycles. The van der Waals surface area contributed by atoms with Crippen LogP contribution in [0.1, 0.15) is 46.5 Å². The summed E-state index contributed by atoms with van der Waals surface area (Å²) in [6.45, 7) is 2.48. The first kappa shape index (κ1) is 16.1.